The predicted molar refractivity (Wildman–Crippen MR) is 113 cm³/mol. The fourth-order valence-corrected chi connectivity index (χ4v) is 3.63. The first-order chi connectivity index (χ1) is 14.1. The topological polar surface area (TPSA) is 56.0 Å². The third-order valence-electron chi connectivity index (χ3n) is 5.16. The van der Waals surface area contributed by atoms with Crippen molar-refractivity contribution >= 4 is 5.78 Å². The van der Waals surface area contributed by atoms with Crippen molar-refractivity contribution in [2.24, 2.45) is 0 Å². The first kappa shape index (κ1) is 18.8. The largest absolute Gasteiger partial charge is 0.445 e. The predicted octanol–water partition coefficient (Wildman–Crippen LogP) is 5.76. The number of carbonyl (C=O) groups is 1. The molecule has 1 atom stereocenters. The van der Waals surface area contributed by atoms with Crippen molar-refractivity contribution in [3.63, 3.8) is 0 Å². The molecule has 144 valence electrons. The van der Waals surface area contributed by atoms with E-state index in [1.54, 1.807) is 24.7 Å². The number of aromatic nitrogens is 2. The first-order valence-electron chi connectivity index (χ1n) is 9.63. The Morgan fingerprint density at radius 3 is 2.45 bits per heavy atom. The lowest BCUT2D eigenvalue weighted by Gasteiger charge is -2.20. The summed E-state index contributed by atoms with van der Waals surface area (Å²) >= 11 is 0. The van der Waals surface area contributed by atoms with Crippen LogP contribution in [-0.2, 0) is 0 Å². The second-order valence-corrected chi connectivity index (χ2v) is 7.18. The molecular weight excluding hydrogens is 360 g/mol. The highest BCUT2D eigenvalue weighted by Crippen LogP contribution is 2.32. The number of hydrogen-bond acceptors (Lipinski definition) is 4. The van der Waals surface area contributed by atoms with Crippen LogP contribution in [-0.4, -0.2) is 15.8 Å². The maximum Gasteiger partial charge on any atom is 0.225 e. The van der Waals surface area contributed by atoms with Crippen LogP contribution in [0.1, 0.15) is 45.1 Å². The fraction of sp³-hybridized carbons (Fsp3) is 0.160. The molecule has 4 aromatic rings. The summed E-state index contributed by atoms with van der Waals surface area (Å²) in [5.41, 5.74) is 5.89. The van der Waals surface area contributed by atoms with Crippen LogP contribution in [0, 0.1) is 13.8 Å². The smallest absolute Gasteiger partial charge is 0.225 e. The average Bonchev–Trinajstić information content (AvgIpc) is 3.28. The molecule has 2 aromatic carbocycles. The second kappa shape index (κ2) is 8.23. The van der Waals surface area contributed by atoms with E-state index >= 15 is 0 Å². The van der Waals surface area contributed by atoms with Crippen LogP contribution in [0.25, 0.3) is 11.5 Å². The molecule has 2 aromatic heterocycles. The van der Waals surface area contributed by atoms with Gasteiger partial charge in [0.2, 0.25) is 5.89 Å². The van der Waals surface area contributed by atoms with E-state index in [9.17, 15) is 4.79 Å². The number of carbonyl (C=O) groups excluding carboxylic acids is 1. The van der Waals surface area contributed by atoms with Gasteiger partial charge in [0.25, 0.3) is 0 Å². The van der Waals surface area contributed by atoms with E-state index in [4.69, 9.17) is 4.42 Å². The molecular formula is C25H22N2O2. The van der Waals surface area contributed by atoms with Crippen LogP contribution in [0.3, 0.4) is 0 Å². The molecule has 0 aliphatic rings. The molecule has 2 heterocycles. The monoisotopic (exact) mass is 382 g/mol. The van der Waals surface area contributed by atoms with Gasteiger partial charge in [-0.25, -0.2) is 4.98 Å². The summed E-state index contributed by atoms with van der Waals surface area (Å²) in [5, 5.41) is 0. The molecule has 4 rings (SSSR count). The standard InChI is InChI=1S/C25H22N2O2/c1-17-5-3-4-6-22(17)23(16-24(28)21-11-12-26-18(2)15-21)19-7-9-20(10-8-19)25-27-13-14-29-25/h3-15,23H,16H2,1-2H3/t23-/m1/s1. The third kappa shape index (κ3) is 4.16. The second-order valence-electron chi connectivity index (χ2n) is 7.18. The van der Waals surface area contributed by atoms with E-state index in [2.05, 4.69) is 41.2 Å². The summed E-state index contributed by atoms with van der Waals surface area (Å²) in [6, 6.07) is 20.0. The number of rotatable bonds is 6. The van der Waals surface area contributed by atoms with Gasteiger partial charge in [-0.15, -0.1) is 0 Å². The van der Waals surface area contributed by atoms with Crippen molar-refractivity contribution in [1.29, 1.82) is 0 Å². The summed E-state index contributed by atoms with van der Waals surface area (Å²) in [6.07, 6.45) is 5.28. The van der Waals surface area contributed by atoms with Crippen LogP contribution >= 0.6 is 0 Å². The Bertz CT molecular complexity index is 1120. The summed E-state index contributed by atoms with van der Waals surface area (Å²) in [5.74, 6) is 0.670. The molecule has 0 bridgehead atoms. The molecule has 0 aliphatic carbocycles. The zero-order chi connectivity index (χ0) is 20.2. The van der Waals surface area contributed by atoms with Crippen molar-refractivity contribution in [2.75, 3.05) is 0 Å². The number of nitrogens with zero attached hydrogens (tertiary/aromatic N) is 2. The van der Waals surface area contributed by atoms with Crippen LogP contribution in [0.4, 0.5) is 0 Å². The molecule has 0 amide bonds. The zero-order valence-corrected chi connectivity index (χ0v) is 16.5. The Hall–Kier alpha value is -3.53. The van der Waals surface area contributed by atoms with Crippen molar-refractivity contribution in [3.05, 3.63) is 107 Å². The first-order valence-corrected chi connectivity index (χ1v) is 9.63. The van der Waals surface area contributed by atoms with Crippen LogP contribution in [0.15, 0.2) is 83.7 Å². The third-order valence-corrected chi connectivity index (χ3v) is 5.16. The van der Waals surface area contributed by atoms with E-state index in [0.717, 1.165) is 22.4 Å². The Morgan fingerprint density at radius 2 is 1.76 bits per heavy atom. The van der Waals surface area contributed by atoms with Gasteiger partial charge < -0.3 is 4.42 Å². The van der Waals surface area contributed by atoms with Crippen molar-refractivity contribution in [2.45, 2.75) is 26.2 Å². The summed E-state index contributed by atoms with van der Waals surface area (Å²) < 4.78 is 5.39. The Kier molecular flexibility index (Phi) is 5.34. The SMILES string of the molecule is Cc1cc(C(=O)C[C@H](c2ccc(-c3ncco3)cc2)c2ccccc2C)ccn1. The zero-order valence-electron chi connectivity index (χ0n) is 16.5. The molecule has 0 aliphatic heterocycles. The fourth-order valence-electron chi connectivity index (χ4n) is 3.63. The molecule has 4 nitrogen and oxygen atoms in total. The number of Topliss-reactive ketones (excluding diaryl/α,β-unsaturated/α-hetero) is 1. The number of pyridine rings is 1. The quantitative estimate of drug-likeness (QED) is 0.398. The number of benzene rings is 2. The number of ketones is 1. The van der Waals surface area contributed by atoms with Crippen LogP contribution in [0.2, 0.25) is 0 Å². The van der Waals surface area contributed by atoms with Gasteiger partial charge in [0, 0.05) is 35.4 Å². The van der Waals surface area contributed by atoms with Gasteiger partial charge >= 0.3 is 0 Å². The molecule has 0 saturated heterocycles. The van der Waals surface area contributed by atoms with E-state index < -0.39 is 0 Å². The summed E-state index contributed by atoms with van der Waals surface area (Å²) in [4.78, 5) is 21.5. The highest BCUT2D eigenvalue weighted by molar-refractivity contribution is 5.96. The van der Waals surface area contributed by atoms with E-state index in [0.29, 0.717) is 17.9 Å². The lowest BCUT2D eigenvalue weighted by molar-refractivity contribution is 0.0977. The minimum atomic E-state index is -0.0317. The highest BCUT2D eigenvalue weighted by atomic mass is 16.3. The Morgan fingerprint density at radius 1 is 0.966 bits per heavy atom. The van der Waals surface area contributed by atoms with Gasteiger partial charge in [-0.05, 0) is 54.8 Å². The lowest BCUT2D eigenvalue weighted by atomic mass is 9.83. The van der Waals surface area contributed by atoms with Gasteiger partial charge in [0.1, 0.15) is 6.26 Å². The normalized spacial score (nSPS) is 11.9. The molecule has 0 unspecified atom stereocenters. The summed E-state index contributed by atoms with van der Waals surface area (Å²) in [6.45, 7) is 3.99. The maximum absolute atomic E-state index is 13.1. The minimum Gasteiger partial charge on any atom is -0.445 e. The number of aryl methyl sites for hydroxylation is 2. The average molecular weight is 382 g/mol. The highest BCUT2D eigenvalue weighted by Gasteiger charge is 2.21. The molecule has 0 spiro atoms. The molecule has 29 heavy (non-hydrogen) atoms. The summed E-state index contributed by atoms with van der Waals surface area (Å²) in [7, 11) is 0. The Balaban J connectivity index is 1.69. The molecule has 0 N–H and O–H groups in total. The van der Waals surface area contributed by atoms with Gasteiger partial charge in [0.05, 0.1) is 6.20 Å². The van der Waals surface area contributed by atoms with Gasteiger partial charge in [0.15, 0.2) is 5.78 Å². The lowest BCUT2D eigenvalue weighted by Crippen LogP contribution is -2.11. The van der Waals surface area contributed by atoms with Crippen molar-refractivity contribution < 1.29 is 9.21 Å². The van der Waals surface area contributed by atoms with Crippen molar-refractivity contribution in [1.82, 2.24) is 9.97 Å². The van der Waals surface area contributed by atoms with Crippen LogP contribution < -0.4 is 0 Å². The molecule has 4 heteroatoms. The molecule has 0 fully saturated rings. The number of hydrogen-bond donors (Lipinski definition) is 0. The number of oxazole rings is 1. The minimum absolute atomic E-state index is 0.0317. The molecule has 0 saturated carbocycles. The Labute approximate surface area is 170 Å². The van der Waals surface area contributed by atoms with Crippen LogP contribution in [0.5, 0.6) is 0 Å². The molecule has 0 radical (unpaired) electrons. The van der Waals surface area contributed by atoms with Gasteiger partial charge in [-0.1, -0.05) is 36.4 Å². The van der Waals surface area contributed by atoms with E-state index in [-0.39, 0.29) is 11.7 Å². The van der Waals surface area contributed by atoms with Crippen molar-refractivity contribution in [3.8, 4) is 11.5 Å². The van der Waals surface area contributed by atoms with Gasteiger partial charge in [-0.2, -0.15) is 0 Å². The van der Waals surface area contributed by atoms with E-state index in [1.165, 1.54) is 5.56 Å². The van der Waals surface area contributed by atoms with Gasteiger partial charge in [-0.3, -0.25) is 9.78 Å². The van der Waals surface area contributed by atoms with E-state index in [1.807, 2.05) is 37.3 Å². The maximum atomic E-state index is 13.1.